The molecule has 1 saturated heterocycles. The van der Waals surface area contributed by atoms with Crippen LogP contribution in [0.1, 0.15) is 51.5 Å². The number of ether oxygens (including phenoxy) is 1. The van der Waals surface area contributed by atoms with E-state index < -0.39 is 10.0 Å². The van der Waals surface area contributed by atoms with Crippen LogP contribution in [0, 0.1) is 0 Å². The number of sulfonamides is 1. The first-order valence-electron chi connectivity index (χ1n) is 12.1. The molecule has 0 aliphatic carbocycles. The summed E-state index contributed by atoms with van der Waals surface area (Å²) in [6.07, 6.45) is 10.1. The molecule has 0 aromatic carbocycles. The van der Waals surface area contributed by atoms with Crippen LogP contribution in [-0.2, 0) is 19.6 Å². The zero-order valence-corrected chi connectivity index (χ0v) is 20.9. The van der Waals surface area contributed by atoms with Crippen molar-refractivity contribution in [2.24, 2.45) is 0 Å². The van der Waals surface area contributed by atoms with Crippen LogP contribution in [0.2, 0.25) is 0 Å². The van der Waals surface area contributed by atoms with Gasteiger partial charge in [-0.15, -0.1) is 0 Å². The molecule has 0 radical (unpaired) electrons. The van der Waals surface area contributed by atoms with Crippen molar-refractivity contribution in [2.75, 3.05) is 51.7 Å². The van der Waals surface area contributed by atoms with Gasteiger partial charge in [0.1, 0.15) is 0 Å². The van der Waals surface area contributed by atoms with Crippen molar-refractivity contribution in [3.63, 3.8) is 0 Å². The normalized spacial score (nSPS) is 15.5. The molecule has 0 unspecified atom stereocenters. The van der Waals surface area contributed by atoms with Gasteiger partial charge in [0, 0.05) is 50.7 Å². The predicted molar refractivity (Wildman–Crippen MR) is 132 cm³/mol. The number of carbonyl (C=O) groups excluding carboxylic acids is 1. The smallest absolute Gasteiger partial charge is 0.243 e. The third kappa shape index (κ3) is 10.3. The third-order valence-corrected chi connectivity index (χ3v) is 7.90. The second-order valence-electron chi connectivity index (χ2n) is 8.32. The van der Waals surface area contributed by atoms with E-state index in [1.165, 1.54) is 6.08 Å². The van der Waals surface area contributed by atoms with E-state index in [0.29, 0.717) is 25.9 Å². The van der Waals surface area contributed by atoms with Gasteiger partial charge in [0.15, 0.2) is 0 Å². The summed E-state index contributed by atoms with van der Waals surface area (Å²) in [5.74, 6) is -0.0777. The molecule has 1 aliphatic rings. The molecule has 1 fully saturated rings. The van der Waals surface area contributed by atoms with Gasteiger partial charge in [-0.1, -0.05) is 19.9 Å². The molecule has 2 heterocycles. The molecule has 1 amide bonds. The van der Waals surface area contributed by atoms with Gasteiger partial charge < -0.3 is 10.1 Å². The molecule has 33 heavy (non-hydrogen) atoms. The number of amides is 1. The van der Waals surface area contributed by atoms with E-state index in [4.69, 9.17) is 4.74 Å². The summed E-state index contributed by atoms with van der Waals surface area (Å²) >= 11 is 0. The quantitative estimate of drug-likeness (QED) is 0.306. The van der Waals surface area contributed by atoms with Gasteiger partial charge in [-0.2, -0.15) is 4.31 Å². The standard InChI is InChI=1S/C24H40N4O4S/c1-3-23(4-2)28(15-8-14-27-16-18-32-19-17-27)33(30,31)20-6-5-13-26-24(29)11-10-22-9-7-12-25-21-22/h7,9-12,21,23H,3-6,8,13-20H2,1-2H3,(H,26,29)/b11-10+. The zero-order chi connectivity index (χ0) is 23.9. The van der Waals surface area contributed by atoms with E-state index in [1.54, 1.807) is 22.8 Å². The van der Waals surface area contributed by atoms with Gasteiger partial charge in [-0.25, -0.2) is 8.42 Å². The Balaban J connectivity index is 1.75. The molecule has 9 heteroatoms. The van der Waals surface area contributed by atoms with Gasteiger partial charge >= 0.3 is 0 Å². The number of unbranched alkanes of at least 4 members (excludes halogenated alkanes) is 1. The van der Waals surface area contributed by atoms with Crippen molar-refractivity contribution in [3.8, 4) is 0 Å². The zero-order valence-electron chi connectivity index (χ0n) is 20.1. The molecule has 8 nitrogen and oxygen atoms in total. The van der Waals surface area contributed by atoms with Crippen molar-refractivity contribution in [1.29, 1.82) is 0 Å². The minimum atomic E-state index is -3.34. The second kappa shape index (κ2) is 15.2. The van der Waals surface area contributed by atoms with Crippen LogP contribution in [0.5, 0.6) is 0 Å². The highest BCUT2D eigenvalue weighted by atomic mass is 32.2. The molecular weight excluding hydrogens is 440 g/mol. The number of aromatic nitrogens is 1. The van der Waals surface area contributed by atoms with E-state index in [1.807, 2.05) is 26.0 Å². The number of nitrogens with zero attached hydrogens (tertiary/aromatic N) is 3. The Labute approximate surface area is 199 Å². The fraction of sp³-hybridized carbons (Fsp3) is 0.667. The Morgan fingerprint density at radius 2 is 2.00 bits per heavy atom. The van der Waals surface area contributed by atoms with Crippen LogP contribution in [0.25, 0.3) is 6.08 Å². The fourth-order valence-corrected chi connectivity index (χ4v) is 5.93. The predicted octanol–water partition coefficient (Wildman–Crippen LogP) is 2.53. The summed E-state index contributed by atoms with van der Waals surface area (Å²) in [6, 6.07) is 3.72. The summed E-state index contributed by atoms with van der Waals surface area (Å²) in [5, 5.41) is 2.81. The lowest BCUT2D eigenvalue weighted by Crippen LogP contribution is -2.43. The molecule has 0 spiro atoms. The fourth-order valence-electron chi connectivity index (χ4n) is 3.96. The molecule has 0 bridgehead atoms. The van der Waals surface area contributed by atoms with Crippen LogP contribution < -0.4 is 5.32 Å². The van der Waals surface area contributed by atoms with Crippen LogP contribution in [0.4, 0.5) is 0 Å². The third-order valence-electron chi connectivity index (χ3n) is 5.90. The SMILES string of the molecule is CCC(CC)N(CCCN1CCOCC1)S(=O)(=O)CCCCNC(=O)/C=C/c1cccnc1. The van der Waals surface area contributed by atoms with E-state index in [-0.39, 0.29) is 17.7 Å². The number of morpholine rings is 1. The number of rotatable bonds is 15. The topological polar surface area (TPSA) is 91.8 Å². The van der Waals surface area contributed by atoms with Crippen molar-refractivity contribution in [2.45, 2.75) is 52.0 Å². The Morgan fingerprint density at radius 1 is 1.24 bits per heavy atom. The highest BCUT2D eigenvalue weighted by molar-refractivity contribution is 7.89. The summed E-state index contributed by atoms with van der Waals surface area (Å²) < 4.78 is 33.3. The van der Waals surface area contributed by atoms with E-state index in [2.05, 4.69) is 15.2 Å². The minimum Gasteiger partial charge on any atom is -0.379 e. The molecule has 1 aliphatic heterocycles. The van der Waals surface area contributed by atoms with Crippen LogP contribution in [0.15, 0.2) is 30.6 Å². The molecule has 1 N–H and O–H groups in total. The molecule has 186 valence electrons. The van der Waals surface area contributed by atoms with Crippen LogP contribution in [0.3, 0.4) is 0 Å². The van der Waals surface area contributed by atoms with Gasteiger partial charge in [0.25, 0.3) is 0 Å². The van der Waals surface area contributed by atoms with Crippen molar-refractivity contribution < 1.29 is 17.9 Å². The highest BCUT2D eigenvalue weighted by Gasteiger charge is 2.27. The molecular formula is C24H40N4O4S. The van der Waals surface area contributed by atoms with Crippen LogP contribution >= 0.6 is 0 Å². The summed E-state index contributed by atoms with van der Waals surface area (Å²) in [7, 11) is -3.34. The molecule has 1 aromatic heterocycles. The summed E-state index contributed by atoms with van der Waals surface area (Å²) in [4.78, 5) is 18.3. The molecule has 0 atom stereocenters. The van der Waals surface area contributed by atoms with E-state index >= 15 is 0 Å². The maximum absolute atomic E-state index is 13.1. The maximum Gasteiger partial charge on any atom is 0.243 e. The Bertz CT molecular complexity index is 807. The molecule has 2 rings (SSSR count). The lowest BCUT2D eigenvalue weighted by molar-refractivity contribution is -0.116. The first-order valence-corrected chi connectivity index (χ1v) is 13.7. The highest BCUT2D eigenvalue weighted by Crippen LogP contribution is 2.16. The number of carbonyl (C=O) groups is 1. The first kappa shape index (κ1) is 27.4. The van der Waals surface area contributed by atoms with Gasteiger partial charge in [0.05, 0.1) is 19.0 Å². The van der Waals surface area contributed by atoms with E-state index in [0.717, 1.165) is 57.7 Å². The number of pyridine rings is 1. The molecule has 1 aromatic rings. The largest absolute Gasteiger partial charge is 0.379 e. The Hall–Kier alpha value is -1.81. The van der Waals surface area contributed by atoms with Crippen molar-refractivity contribution in [1.82, 2.24) is 19.5 Å². The average Bonchev–Trinajstić information content (AvgIpc) is 2.83. The number of nitrogens with one attached hydrogen (secondary N) is 1. The maximum atomic E-state index is 13.1. The second-order valence-corrected chi connectivity index (χ2v) is 10.4. The average molecular weight is 481 g/mol. The van der Waals surface area contributed by atoms with Crippen LogP contribution in [-0.4, -0.2) is 86.2 Å². The monoisotopic (exact) mass is 480 g/mol. The first-order chi connectivity index (χ1) is 16.0. The number of hydrogen-bond donors (Lipinski definition) is 1. The minimum absolute atomic E-state index is 0.0389. The van der Waals surface area contributed by atoms with Gasteiger partial charge in [-0.05, 0) is 56.4 Å². The Kier molecular flexibility index (Phi) is 12.6. The Morgan fingerprint density at radius 3 is 2.67 bits per heavy atom. The summed E-state index contributed by atoms with van der Waals surface area (Å²) in [5.41, 5.74) is 0.855. The van der Waals surface area contributed by atoms with Gasteiger partial charge in [0.2, 0.25) is 15.9 Å². The van der Waals surface area contributed by atoms with Gasteiger partial charge in [-0.3, -0.25) is 14.7 Å². The van der Waals surface area contributed by atoms with Crippen molar-refractivity contribution >= 4 is 22.0 Å². The number of hydrogen-bond acceptors (Lipinski definition) is 6. The van der Waals surface area contributed by atoms with Crippen molar-refractivity contribution in [3.05, 3.63) is 36.2 Å². The summed E-state index contributed by atoms with van der Waals surface area (Å²) in [6.45, 7) is 9.35. The molecule has 0 saturated carbocycles. The van der Waals surface area contributed by atoms with E-state index in [9.17, 15) is 13.2 Å². The lowest BCUT2D eigenvalue weighted by Gasteiger charge is -2.31. The lowest BCUT2D eigenvalue weighted by atomic mass is 10.1.